The van der Waals surface area contributed by atoms with Crippen LogP contribution in [-0.4, -0.2) is 94.2 Å². The minimum Gasteiger partial charge on any atom is -0.494 e. The van der Waals surface area contributed by atoms with E-state index in [1.54, 1.807) is 43.5 Å². The highest BCUT2D eigenvalue weighted by molar-refractivity contribution is 5.82. The average molecular weight is 806 g/mol. The molecule has 57 heavy (non-hydrogen) atoms. The van der Waals surface area contributed by atoms with Crippen LogP contribution in [-0.2, 0) is 56.1 Å². The van der Waals surface area contributed by atoms with Gasteiger partial charge in [-0.2, -0.15) is 19.1 Å². The van der Waals surface area contributed by atoms with E-state index in [1.165, 1.54) is 11.6 Å². The normalized spacial score (nSPS) is 20.0. The van der Waals surface area contributed by atoms with Gasteiger partial charge < -0.3 is 33.4 Å². The molecule has 1 aliphatic heterocycles. The molecule has 1 fully saturated rings. The molecule has 6 atom stereocenters. The van der Waals surface area contributed by atoms with E-state index in [4.69, 9.17) is 29.6 Å². The number of nitrogens with two attached hydrogens (primary N) is 1. The second-order valence-corrected chi connectivity index (χ2v) is 13.9. The number of hydrogen-bond donors (Lipinski definition) is 1. The Morgan fingerprint density at radius 2 is 1.70 bits per heavy atom. The lowest BCUT2D eigenvalue weighted by Crippen LogP contribution is -2.54. The molecule has 312 valence electrons. The minimum atomic E-state index is -5.17. The zero-order valence-corrected chi connectivity index (χ0v) is 32.4. The summed E-state index contributed by atoms with van der Waals surface area (Å²) in [7, 11) is 0. The lowest BCUT2D eigenvalue weighted by Gasteiger charge is -2.44. The van der Waals surface area contributed by atoms with Gasteiger partial charge in [-0.25, -0.2) is 4.68 Å². The van der Waals surface area contributed by atoms with Crippen LogP contribution in [0, 0.1) is 11.8 Å². The number of halogens is 3. The fourth-order valence-corrected chi connectivity index (χ4v) is 6.40. The van der Waals surface area contributed by atoms with Crippen molar-refractivity contribution >= 4 is 23.8 Å². The third-order valence-electron chi connectivity index (χ3n) is 9.41. The number of carbonyl (C=O) groups excluding carboxylic acids is 4. The van der Waals surface area contributed by atoms with Crippen LogP contribution >= 0.6 is 0 Å². The summed E-state index contributed by atoms with van der Waals surface area (Å²) in [6.07, 6.45) is -3.80. The molecule has 18 heteroatoms. The van der Waals surface area contributed by atoms with E-state index in [0.717, 1.165) is 31.7 Å². The number of unbranched alkanes of at least 4 members (excludes halogenated alkanes) is 3. The maximum absolute atomic E-state index is 13.6. The summed E-state index contributed by atoms with van der Waals surface area (Å²) in [6, 6.07) is 15.5. The van der Waals surface area contributed by atoms with Crippen LogP contribution in [0.3, 0.4) is 0 Å². The largest absolute Gasteiger partial charge is 0.494 e. The first-order chi connectivity index (χ1) is 27.1. The van der Waals surface area contributed by atoms with Crippen LogP contribution in [0.15, 0.2) is 60.8 Å². The predicted octanol–water partition coefficient (Wildman–Crippen LogP) is 5.16. The van der Waals surface area contributed by atoms with E-state index >= 15 is 0 Å². The Kier molecular flexibility index (Phi) is 16.8. The number of benzene rings is 2. The van der Waals surface area contributed by atoms with E-state index in [2.05, 4.69) is 15.1 Å². The summed E-state index contributed by atoms with van der Waals surface area (Å²) in [5, 5.41) is 8.58. The molecular formula is C39H50F3N5O10. The Hall–Kier alpha value is -5.07. The summed E-state index contributed by atoms with van der Waals surface area (Å²) in [5.74, 6) is 0.940. The number of amides is 1. The van der Waals surface area contributed by atoms with Gasteiger partial charge in [0.05, 0.1) is 32.5 Å². The maximum atomic E-state index is 13.6. The second kappa shape index (κ2) is 21.5. The van der Waals surface area contributed by atoms with Crippen molar-refractivity contribution in [3.05, 3.63) is 66.4 Å². The topological polar surface area (TPSA) is 184 Å². The number of carbonyl (C=O) groups is 4. The third kappa shape index (κ3) is 14.1. The molecule has 0 bridgehead atoms. The summed E-state index contributed by atoms with van der Waals surface area (Å²) in [6.45, 7) is 5.22. The molecule has 1 aromatic heterocycles. The van der Waals surface area contributed by atoms with Crippen LogP contribution in [0.4, 0.5) is 13.2 Å². The van der Waals surface area contributed by atoms with Gasteiger partial charge in [0.15, 0.2) is 6.29 Å². The van der Waals surface area contributed by atoms with Crippen molar-refractivity contribution in [1.82, 2.24) is 19.9 Å². The monoisotopic (exact) mass is 805 g/mol. The highest BCUT2D eigenvalue weighted by Crippen LogP contribution is 2.35. The Balaban J connectivity index is 1.42. The second-order valence-electron chi connectivity index (χ2n) is 13.9. The summed E-state index contributed by atoms with van der Waals surface area (Å²) >= 11 is 0. The van der Waals surface area contributed by atoms with Crippen molar-refractivity contribution in [3.63, 3.8) is 0 Å². The molecule has 1 saturated heterocycles. The highest BCUT2D eigenvalue weighted by atomic mass is 19.4. The van der Waals surface area contributed by atoms with E-state index in [-0.39, 0.29) is 25.4 Å². The number of esters is 2. The fourth-order valence-electron chi connectivity index (χ4n) is 6.40. The quantitative estimate of drug-likeness (QED) is 0.0899. The molecule has 1 aliphatic rings. The van der Waals surface area contributed by atoms with Crippen molar-refractivity contribution in [2.24, 2.45) is 17.7 Å². The van der Waals surface area contributed by atoms with Gasteiger partial charge in [-0.3, -0.25) is 19.2 Å². The number of nitrogens with zero attached hydrogens (tertiary/aromatic N) is 4. The van der Waals surface area contributed by atoms with Crippen LogP contribution < -0.4 is 10.6 Å². The number of hydrogen-bond acceptors (Lipinski definition) is 13. The third-order valence-corrected chi connectivity index (χ3v) is 9.41. The molecule has 0 radical (unpaired) electrons. The Morgan fingerprint density at radius 3 is 2.39 bits per heavy atom. The average Bonchev–Trinajstić information content (AvgIpc) is 3.64. The van der Waals surface area contributed by atoms with E-state index in [0.29, 0.717) is 34.9 Å². The van der Waals surface area contributed by atoms with E-state index in [1.807, 2.05) is 31.2 Å². The van der Waals surface area contributed by atoms with Crippen molar-refractivity contribution < 1.29 is 60.9 Å². The first kappa shape index (κ1) is 44.6. The van der Waals surface area contributed by atoms with Crippen molar-refractivity contribution in [2.45, 2.75) is 104 Å². The molecule has 1 amide bonds. The highest BCUT2D eigenvalue weighted by Gasteiger charge is 2.46. The molecule has 2 heterocycles. The lowest BCUT2D eigenvalue weighted by molar-refractivity contribution is -0.274. The number of aromatic nitrogens is 3. The van der Waals surface area contributed by atoms with Crippen LogP contribution in [0.2, 0.25) is 0 Å². The summed E-state index contributed by atoms with van der Waals surface area (Å²) < 4.78 is 71.9. The van der Waals surface area contributed by atoms with Gasteiger partial charge >= 0.3 is 30.0 Å². The number of ether oxygens (including phenoxy) is 5. The zero-order valence-electron chi connectivity index (χ0n) is 32.4. The Morgan fingerprint density at radius 1 is 0.965 bits per heavy atom. The zero-order chi connectivity index (χ0) is 41.5. The molecular weight excluding hydrogens is 755 g/mol. The first-order valence-corrected chi connectivity index (χ1v) is 18.7. The summed E-state index contributed by atoms with van der Waals surface area (Å²) in [5.41, 5.74) is 1.73. The van der Waals surface area contributed by atoms with Crippen molar-refractivity contribution in [1.29, 1.82) is 0 Å². The standard InChI is InChI=1S/C39H50F3N5O10/c1-25-26(2)37(53-24-32(54-27(3)48)21-46(38(51)39(40,41)42)20-29-13-8-7-9-14-29)56-34(36(25)55-28(4)49)23-47-22-33(44-45-47)30-15-12-16-31(19-30)52-18-11-6-5-10-17-35(50)57-43/h7-9,12-16,19,22,25-26,32,34,36-37H,5-6,10-11,17-18,20-21,23-24,43H2,1-4H3/t25-,26?,32?,34?,36-,37+/m1/s1. The van der Waals surface area contributed by atoms with Crippen LogP contribution in [0.5, 0.6) is 5.75 Å². The predicted molar refractivity (Wildman–Crippen MR) is 196 cm³/mol. The Bertz CT molecular complexity index is 1760. The number of alkyl halides is 3. The first-order valence-electron chi connectivity index (χ1n) is 18.7. The van der Waals surface area contributed by atoms with Gasteiger partial charge in [0.1, 0.15) is 29.8 Å². The van der Waals surface area contributed by atoms with Gasteiger partial charge in [-0.1, -0.05) is 74.4 Å². The van der Waals surface area contributed by atoms with Crippen molar-refractivity contribution in [2.75, 3.05) is 19.8 Å². The molecule has 2 N–H and O–H groups in total. The van der Waals surface area contributed by atoms with E-state index < -0.39 is 73.7 Å². The van der Waals surface area contributed by atoms with Gasteiger partial charge in [0.2, 0.25) is 0 Å². The molecule has 0 spiro atoms. The van der Waals surface area contributed by atoms with Gasteiger partial charge in [0.25, 0.3) is 0 Å². The van der Waals surface area contributed by atoms with Crippen LogP contribution in [0.1, 0.15) is 65.4 Å². The molecule has 0 saturated carbocycles. The maximum Gasteiger partial charge on any atom is 0.471 e. The lowest BCUT2D eigenvalue weighted by atomic mass is 9.84. The Labute approximate surface area is 328 Å². The molecule has 3 unspecified atom stereocenters. The number of rotatable bonds is 20. The molecule has 0 aliphatic carbocycles. The van der Waals surface area contributed by atoms with Crippen LogP contribution in [0.25, 0.3) is 11.3 Å². The van der Waals surface area contributed by atoms with Gasteiger partial charge in [-0.05, 0) is 30.5 Å². The smallest absolute Gasteiger partial charge is 0.471 e. The van der Waals surface area contributed by atoms with E-state index in [9.17, 15) is 32.3 Å². The molecule has 4 rings (SSSR count). The molecule has 3 aromatic rings. The minimum absolute atomic E-state index is 0.0827. The summed E-state index contributed by atoms with van der Waals surface area (Å²) in [4.78, 5) is 52.6. The SMILES string of the molecule is CC(=O)OC(CO[C@H]1OC(Cn2cc(-c3cccc(OCCCCCCC(=O)ON)c3)nn2)[C@H](OC(C)=O)[C@H](C)C1C)CN(Cc1ccccc1)C(=O)C(F)(F)F. The molecule has 15 nitrogen and oxygen atoms in total. The van der Waals surface area contributed by atoms with Gasteiger partial charge in [-0.15, -0.1) is 5.10 Å². The van der Waals surface area contributed by atoms with Crippen molar-refractivity contribution in [3.8, 4) is 17.0 Å². The van der Waals surface area contributed by atoms with Gasteiger partial charge in [0, 0.05) is 44.2 Å². The fraction of sp³-hybridized carbons (Fsp3) is 0.538. The molecule has 2 aromatic carbocycles.